The van der Waals surface area contributed by atoms with Gasteiger partial charge in [0.25, 0.3) is 0 Å². The summed E-state index contributed by atoms with van der Waals surface area (Å²) in [5, 5.41) is 0. The van der Waals surface area contributed by atoms with Crippen LogP contribution in [-0.2, 0) is 11.2 Å². The molecule has 1 rings (SSSR count). The van der Waals surface area contributed by atoms with Crippen LogP contribution in [0.15, 0.2) is 24.3 Å². The Kier molecular flexibility index (Phi) is 7.44. The monoisotopic (exact) mass is 291 g/mol. The fourth-order valence-corrected chi connectivity index (χ4v) is 2.48. The number of Topliss-reactive ketones (excluding diaryl/α,β-unsaturated/α-hetero) is 1. The van der Waals surface area contributed by atoms with Gasteiger partial charge in [-0.05, 0) is 57.5 Å². The van der Waals surface area contributed by atoms with E-state index in [1.807, 2.05) is 19.1 Å². The van der Waals surface area contributed by atoms with Crippen LogP contribution in [0.2, 0.25) is 0 Å². The van der Waals surface area contributed by atoms with Crippen LogP contribution in [0.5, 0.6) is 5.75 Å². The van der Waals surface area contributed by atoms with Gasteiger partial charge in [0.15, 0.2) is 0 Å². The number of methoxy groups -OCH3 is 1. The van der Waals surface area contributed by atoms with Crippen LogP contribution in [0.3, 0.4) is 0 Å². The van der Waals surface area contributed by atoms with Crippen LogP contribution in [-0.4, -0.2) is 36.9 Å². The summed E-state index contributed by atoms with van der Waals surface area (Å²) in [6.45, 7) is 10.1. The third-order valence-electron chi connectivity index (χ3n) is 4.26. The summed E-state index contributed by atoms with van der Waals surface area (Å²) in [5.41, 5.74) is 1.32. The van der Waals surface area contributed by atoms with Crippen molar-refractivity contribution in [1.29, 1.82) is 0 Å². The van der Waals surface area contributed by atoms with Crippen LogP contribution in [0.25, 0.3) is 0 Å². The Bertz CT molecular complexity index is 427. The minimum atomic E-state index is 0.159. The Morgan fingerprint density at radius 3 is 2.33 bits per heavy atom. The van der Waals surface area contributed by atoms with E-state index < -0.39 is 0 Å². The molecule has 0 fully saturated rings. The van der Waals surface area contributed by atoms with E-state index >= 15 is 0 Å². The number of likely N-dealkylation sites (N-methyl/N-ethyl adjacent to an activating group) is 1. The molecule has 0 radical (unpaired) electrons. The lowest BCUT2D eigenvalue weighted by Gasteiger charge is -2.28. The smallest absolute Gasteiger partial charge is 0.132 e. The zero-order chi connectivity index (χ0) is 15.8. The number of carbonyl (C=O) groups is 1. The van der Waals surface area contributed by atoms with E-state index in [-0.39, 0.29) is 11.7 Å². The lowest BCUT2D eigenvalue weighted by molar-refractivity contribution is -0.120. The van der Waals surface area contributed by atoms with Crippen molar-refractivity contribution in [3.63, 3.8) is 0 Å². The molecule has 0 amide bonds. The number of ketones is 1. The third-order valence-corrected chi connectivity index (χ3v) is 4.26. The standard InChI is InChI=1S/C18H29NO2/c1-6-19(12-11-14(2)16(4)20)15(3)13-17-7-9-18(21-5)10-8-17/h7-10,14-15H,6,11-13H2,1-5H3. The molecule has 2 atom stereocenters. The normalized spacial score (nSPS) is 14.0. The van der Waals surface area contributed by atoms with Crippen LogP contribution < -0.4 is 4.74 Å². The predicted octanol–water partition coefficient (Wildman–Crippen LogP) is 3.56. The van der Waals surface area contributed by atoms with E-state index in [4.69, 9.17) is 4.74 Å². The SMILES string of the molecule is CCN(CCC(C)C(C)=O)C(C)Cc1ccc(OC)cc1. The topological polar surface area (TPSA) is 29.5 Å². The van der Waals surface area contributed by atoms with Crippen LogP contribution in [0.1, 0.15) is 39.7 Å². The summed E-state index contributed by atoms with van der Waals surface area (Å²) < 4.78 is 5.19. The molecule has 3 nitrogen and oxygen atoms in total. The Labute approximate surface area is 129 Å². The Morgan fingerprint density at radius 1 is 1.24 bits per heavy atom. The first-order chi connectivity index (χ1) is 9.97. The highest BCUT2D eigenvalue weighted by Gasteiger charge is 2.15. The van der Waals surface area contributed by atoms with E-state index in [2.05, 4.69) is 30.9 Å². The maximum Gasteiger partial charge on any atom is 0.132 e. The number of carbonyl (C=O) groups excluding carboxylic acids is 1. The minimum Gasteiger partial charge on any atom is -0.497 e. The highest BCUT2D eigenvalue weighted by Crippen LogP contribution is 2.15. The summed E-state index contributed by atoms with van der Waals surface area (Å²) in [7, 11) is 1.69. The van der Waals surface area contributed by atoms with Crippen molar-refractivity contribution in [3.8, 4) is 5.75 Å². The molecule has 0 heterocycles. The molecule has 118 valence electrons. The molecular weight excluding hydrogens is 262 g/mol. The van der Waals surface area contributed by atoms with Gasteiger partial charge in [-0.15, -0.1) is 0 Å². The van der Waals surface area contributed by atoms with Gasteiger partial charge in [-0.3, -0.25) is 4.79 Å². The van der Waals surface area contributed by atoms with Crippen molar-refractivity contribution in [1.82, 2.24) is 4.90 Å². The molecule has 3 heteroatoms. The van der Waals surface area contributed by atoms with Crippen molar-refractivity contribution in [3.05, 3.63) is 29.8 Å². The molecule has 0 aliphatic rings. The number of hydrogen-bond donors (Lipinski definition) is 0. The zero-order valence-corrected chi connectivity index (χ0v) is 14.1. The highest BCUT2D eigenvalue weighted by atomic mass is 16.5. The van der Waals surface area contributed by atoms with E-state index in [0.717, 1.165) is 31.7 Å². The average Bonchev–Trinajstić information content (AvgIpc) is 2.48. The molecular formula is C18H29NO2. The molecule has 2 unspecified atom stereocenters. The van der Waals surface area contributed by atoms with Gasteiger partial charge in [0.05, 0.1) is 7.11 Å². The summed E-state index contributed by atoms with van der Waals surface area (Å²) >= 11 is 0. The number of rotatable bonds is 9. The molecule has 0 bridgehead atoms. The Balaban J connectivity index is 2.53. The van der Waals surface area contributed by atoms with Crippen molar-refractivity contribution in [2.45, 2.75) is 46.6 Å². The lowest BCUT2D eigenvalue weighted by Crippen LogP contribution is -2.36. The number of benzene rings is 1. The molecule has 0 aliphatic carbocycles. The number of ether oxygens (including phenoxy) is 1. The molecule has 21 heavy (non-hydrogen) atoms. The number of nitrogens with zero attached hydrogens (tertiary/aromatic N) is 1. The van der Waals surface area contributed by atoms with Gasteiger partial charge < -0.3 is 9.64 Å². The van der Waals surface area contributed by atoms with Gasteiger partial charge in [0, 0.05) is 12.0 Å². The molecule has 0 saturated carbocycles. The number of hydrogen-bond acceptors (Lipinski definition) is 3. The van der Waals surface area contributed by atoms with Crippen LogP contribution in [0.4, 0.5) is 0 Å². The largest absolute Gasteiger partial charge is 0.497 e. The quantitative estimate of drug-likeness (QED) is 0.696. The van der Waals surface area contributed by atoms with Gasteiger partial charge in [-0.1, -0.05) is 26.0 Å². The van der Waals surface area contributed by atoms with E-state index in [9.17, 15) is 4.79 Å². The first-order valence-electron chi connectivity index (χ1n) is 7.85. The fraction of sp³-hybridized carbons (Fsp3) is 0.611. The van der Waals surface area contributed by atoms with Gasteiger partial charge >= 0.3 is 0 Å². The lowest BCUT2D eigenvalue weighted by atomic mass is 10.0. The maximum absolute atomic E-state index is 11.3. The summed E-state index contributed by atoms with van der Waals surface area (Å²) in [6.07, 6.45) is 1.96. The van der Waals surface area contributed by atoms with Gasteiger partial charge in [0.1, 0.15) is 11.5 Å². The first-order valence-corrected chi connectivity index (χ1v) is 7.85. The summed E-state index contributed by atoms with van der Waals surface area (Å²) in [6, 6.07) is 8.75. The molecule has 0 N–H and O–H groups in total. The van der Waals surface area contributed by atoms with Crippen LogP contribution >= 0.6 is 0 Å². The predicted molar refractivity (Wildman–Crippen MR) is 87.9 cm³/mol. The van der Waals surface area contributed by atoms with Crippen molar-refractivity contribution < 1.29 is 9.53 Å². The highest BCUT2D eigenvalue weighted by molar-refractivity contribution is 5.77. The van der Waals surface area contributed by atoms with Gasteiger partial charge in [-0.25, -0.2) is 0 Å². The Morgan fingerprint density at radius 2 is 1.86 bits per heavy atom. The zero-order valence-electron chi connectivity index (χ0n) is 14.1. The van der Waals surface area contributed by atoms with E-state index in [1.54, 1.807) is 14.0 Å². The molecule has 0 spiro atoms. The molecule has 1 aromatic rings. The second-order valence-corrected chi connectivity index (χ2v) is 5.83. The molecule has 0 aliphatic heterocycles. The fourth-order valence-electron chi connectivity index (χ4n) is 2.48. The average molecular weight is 291 g/mol. The first kappa shape index (κ1) is 17.7. The second kappa shape index (κ2) is 8.83. The van der Waals surface area contributed by atoms with E-state index in [1.165, 1.54) is 5.56 Å². The van der Waals surface area contributed by atoms with Crippen LogP contribution in [0, 0.1) is 5.92 Å². The van der Waals surface area contributed by atoms with E-state index in [0.29, 0.717) is 6.04 Å². The second-order valence-electron chi connectivity index (χ2n) is 5.83. The third kappa shape index (κ3) is 5.88. The van der Waals surface area contributed by atoms with Crippen molar-refractivity contribution in [2.24, 2.45) is 5.92 Å². The van der Waals surface area contributed by atoms with Gasteiger partial charge in [-0.2, -0.15) is 0 Å². The Hall–Kier alpha value is -1.35. The molecule has 1 aromatic carbocycles. The van der Waals surface area contributed by atoms with Crippen molar-refractivity contribution in [2.75, 3.05) is 20.2 Å². The minimum absolute atomic E-state index is 0.159. The summed E-state index contributed by atoms with van der Waals surface area (Å²) in [5.74, 6) is 1.34. The maximum atomic E-state index is 11.3. The molecule has 0 aromatic heterocycles. The summed E-state index contributed by atoms with van der Waals surface area (Å²) in [4.78, 5) is 13.8. The molecule has 0 saturated heterocycles. The van der Waals surface area contributed by atoms with Gasteiger partial charge in [0.2, 0.25) is 0 Å². The van der Waals surface area contributed by atoms with Crippen molar-refractivity contribution >= 4 is 5.78 Å².